The topological polar surface area (TPSA) is 82.6 Å². The Bertz CT molecular complexity index is 355. The zero-order valence-electron chi connectivity index (χ0n) is 13.0. The van der Waals surface area contributed by atoms with Crippen molar-refractivity contribution < 1.29 is 8.42 Å². The van der Waals surface area contributed by atoms with E-state index < -0.39 is 10.0 Å². The van der Waals surface area contributed by atoms with E-state index in [1.54, 1.807) is 14.0 Å². The number of hydrogen-bond acceptors (Lipinski definition) is 3. The molecule has 0 fully saturated rings. The molecule has 0 heterocycles. The number of rotatable bonds is 11. The van der Waals surface area contributed by atoms with Crippen LogP contribution in [0.1, 0.15) is 46.0 Å². The molecule has 0 atom stereocenters. The second kappa shape index (κ2) is 12.0. The Morgan fingerprint density at radius 1 is 0.950 bits per heavy atom. The van der Waals surface area contributed by atoms with E-state index in [0.717, 1.165) is 25.3 Å². The van der Waals surface area contributed by atoms with Crippen LogP contribution in [0.5, 0.6) is 0 Å². The maximum absolute atomic E-state index is 11.2. The van der Waals surface area contributed by atoms with Crippen LogP contribution < -0.4 is 15.4 Å². The second-order valence-corrected chi connectivity index (χ2v) is 6.73. The molecule has 0 amide bonds. The molecule has 0 radical (unpaired) electrons. The molecular weight excluding hydrogens is 276 g/mol. The van der Waals surface area contributed by atoms with E-state index in [1.807, 2.05) is 0 Å². The Kier molecular flexibility index (Phi) is 11.5. The average molecular weight is 306 g/mol. The molecule has 0 aliphatic heterocycles. The third-order valence-corrected chi connectivity index (χ3v) is 4.30. The predicted molar refractivity (Wildman–Crippen MR) is 85.6 cm³/mol. The Balaban J connectivity index is 3.61. The third-order valence-electron chi connectivity index (χ3n) is 2.89. The van der Waals surface area contributed by atoms with Crippen LogP contribution in [0.15, 0.2) is 4.99 Å². The van der Waals surface area contributed by atoms with Gasteiger partial charge < -0.3 is 10.6 Å². The number of nitrogens with zero attached hydrogens (tertiary/aromatic N) is 1. The number of unbranched alkanes of at least 4 members (excludes halogenated alkanes) is 3. The van der Waals surface area contributed by atoms with Crippen molar-refractivity contribution in [2.24, 2.45) is 4.99 Å². The van der Waals surface area contributed by atoms with Gasteiger partial charge in [0.25, 0.3) is 0 Å². The first-order valence-electron chi connectivity index (χ1n) is 7.47. The first kappa shape index (κ1) is 19.2. The highest BCUT2D eigenvalue weighted by atomic mass is 32.2. The van der Waals surface area contributed by atoms with Crippen LogP contribution in [-0.2, 0) is 10.0 Å². The minimum Gasteiger partial charge on any atom is -0.356 e. The highest BCUT2D eigenvalue weighted by Gasteiger charge is 2.04. The van der Waals surface area contributed by atoms with Crippen molar-refractivity contribution in [1.82, 2.24) is 15.4 Å². The molecule has 0 aromatic rings. The zero-order chi connectivity index (χ0) is 15.3. The van der Waals surface area contributed by atoms with Crippen LogP contribution in [0.3, 0.4) is 0 Å². The molecule has 20 heavy (non-hydrogen) atoms. The van der Waals surface area contributed by atoms with Gasteiger partial charge in [0.1, 0.15) is 0 Å². The molecule has 0 saturated carbocycles. The van der Waals surface area contributed by atoms with Crippen molar-refractivity contribution in [2.75, 3.05) is 32.4 Å². The normalized spacial score (nSPS) is 12.4. The van der Waals surface area contributed by atoms with E-state index >= 15 is 0 Å². The maximum Gasteiger partial charge on any atom is 0.211 e. The number of guanidine groups is 1. The number of sulfonamides is 1. The lowest BCUT2D eigenvalue weighted by Crippen LogP contribution is -2.39. The fourth-order valence-corrected chi connectivity index (χ4v) is 2.26. The van der Waals surface area contributed by atoms with Crippen molar-refractivity contribution in [1.29, 1.82) is 0 Å². The van der Waals surface area contributed by atoms with Gasteiger partial charge >= 0.3 is 0 Å². The summed E-state index contributed by atoms with van der Waals surface area (Å²) in [5.41, 5.74) is 0. The summed E-state index contributed by atoms with van der Waals surface area (Å²) in [5.74, 6) is 0.904. The summed E-state index contributed by atoms with van der Waals surface area (Å²) < 4.78 is 25.0. The second-order valence-electron chi connectivity index (χ2n) is 4.64. The van der Waals surface area contributed by atoms with Gasteiger partial charge in [-0.15, -0.1) is 0 Å². The Morgan fingerprint density at radius 2 is 1.60 bits per heavy atom. The van der Waals surface area contributed by atoms with Crippen LogP contribution in [0.2, 0.25) is 0 Å². The van der Waals surface area contributed by atoms with Crippen molar-refractivity contribution >= 4 is 16.0 Å². The molecule has 3 N–H and O–H groups in total. The molecule has 0 rings (SSSR count). The lowest BCUT2D eigenvalue weighted by atomic mass is 10.2. The fourth-order valence-electron chi connectivity index (χ4n) is 1.60. The van der Waals surface area contributed by atoms with Gasteiger partial charge in [0.15, 0.2) is 5.96 Å². The lowest BCUT2D eigenvalue weighted by Gasteiger charge is -2.11. The third kappa shape index (κ3) is 11.0. The fraction of sp³-hybridized carbons (Fsp3) is 0.923. The zero-order valence-corrected chi connectivity index (χ0v) is 13.9. The molecule has 6 nitrogen and oxygen atoms in total. The molecule has 0 aliphatic carbocycles. The molecule has 0 spiro atoms. The van der Waals surface area contributed by atoms with E-state index in [-0.39, 0.29) is 5.75 Å². The minimum atomic E-state index is -3.07. The molecule has 0 saturated heterocycles. The van der Waals surface area contributed by atoms with Crippen LogP contribution in [0.4, 0.5) is 0 Å². The van der Waals surface area contributed by atoms with Gasteiger partial charge in [-0.3, -0.25) is 4.99 Å². The van der Waals surface area contributed by atoms with Gasteiger partial charge in [0.2, 0.25) is 10.0 Å². The molecule has 7 heteroatoms. The van der Waals surface area contributed by atoms with E-state index in [2.05, 4.69) is 27.3 Å². The Hall–Kier alpha value is -0.820. The van der Waals surface area contributed by atoms with Gasteiger partial charge in [-0.05, 0) is 19.8 Å². The van der Waals surface area contributed by atoms with Crippen molar-refractivity contribution in [3.05, 3.63) is 0 Å². The van der Waals surface area contributed by atoms with Crippen molar-refractivity contribution in [3.63, 3.8) is 0 Å². The van der Waals surface area contributed by atoms with Crippen molar-refractivity contribution in [3.8, 4) is 0 Å². The van der Waals surface area contributed by atoms with Crippen LogP contribution in [-0.4, -0.2) is 46.8 Å². The SMILES string of the molecule is CCCCCCNC(=NC)NCCCNS(=O)(=O)CC. The minimum absolute atomic E-state index is 0.126. The Morgan fingerprint density at radius 3 is 2.15 bits per heavy atom. The number of hydrogen-bond donors (Lipinski definition) is 3. The summed E-state index contributed by atoms with van der Waals surface area (Å²) >= 11 is 0. The number of nitrogens with one attached hydrogen (secondary N) is 3. The summed E-state index contributed by atoms with van der Waals surface area (Å²) in [5, 5.41) is 6.42. The summed E-state index contributed by atoms with van der Waals surface area (Å²) in [6.45, 7) is 5.89. The summed E-state index contributed by atoms with van der Waals surface area (Å²) in [7, 11) is -1.34. The Labute approximate surface area is 123 Å². The molecule has 0 aliphatic rings. The standard InChI is InChI=1S/C13H30N4O2S/c1-4-6-7-8-10-15-13(14-3)16-11-9-12-17-20(18,19)5-2/h17H,4-12H2,1-3H3,(H2,14,15,16). The van der Waals surface area contributed by atoms with Gasteiger partial charge in [0, 0.05) is 26.7 Å². The van der Waals surface area contributed by atoms with Gasteiger partial charge in [-0.2, -0.15) is 0 Å². The predicted octanol–water partition coefficient (Wildman–Crippen LogP) is 1.06. The van der Waals surface area contributed by atoms with Crippen LogP contribution in [0, 0.1) is 0 Å². The lowest BCUT2D eigenvalue weighted by molar-refractivity contribution is 0.579. The monoisotopic (exact) mass is 306 g/mol. The first-order valence-corrected chi connectivity index (χ1v) is 9.12. The van der Waals surface area contributed by atoms with Crippen LogP contribution in [0.25, 0.3) is 0 Å². The van der Waals surface area contributed by atoms with Gasteiger partial charge in [-0.25, -0.2) is 13.1 Å². The van der Waals surface area contributed by atoms with Crippen molar-refractivity contribution in [2.45, 2.75) is 46.0 Å². The molecular formula is C13H30N4O2S. The van der Waals surface area contributed by atoms with E-state index in [4.69, 9.17) is 0 Å². The maximum atomic E-state index is 11.2. The van der Waals surface area contributed by atoms with Gasteiger partial charge in [-0.1, -0.05) is 26.2 Å². The van der Waals surface area contributed by atoms with E-state index in [0.29, 0.717) is 13.1 Å². The highest BCUT2D eigenvalue weighted by Crippen LogP contribution is 1.96. The van der Waals surface area contributed by atoms with E-state index in [9.17, 15) is 8.42 Å². The smallest absolute Gasteiger partial charge is 0.211 e. The average Bonchev–Trinajstić information content (AvgIpc) is 2.44. The quantitative estimate of drug-likeness (QED) is 0.303. The first-order chi connectivity index (χ1) is 9.55. The largest absolute Gasteiger partial charge is 0.356 e. The molecule has 0 aromatic carbocycles. The highest BCUT2D eigenvalue weighted by molar-refractivity contribution is 7.89. The van der Waals surface area contributed by atoms with Crippen LogP contribution >= 0.6 is 0 Å². The van der Waals surface area contributed by atoms with E-state index in [1.165, 1.54) is 19.3 Å². The molecule has 120 valence electrons. The number of aliphatic imine (C=N–C) groups is 1. The molecule has 0 unspecified atom stereocenters. The summed E-state index contributed by atoms with van der Waals surface area (Å²) in [4.78, 5) is 4.12. The molecule has 0 aromatic heterocycles. The molecule has 0 bridgehead atoms. The summed E-state index contributed by atoms with van der Waals surface area (Å²) in [6, 6.07) is 0. The summed E-state index contributed by atoms with van der Waals surface area (Å²) in [6.07, 6.45) is 5.62. The van der Waals surface area contributed by atoms with Gasteiger partial charge in [0.05, 0.1) is 5.75 Å².